The molecule has 0 aliphatic heterocycles. The third-order valence-electron chi connectivity index (χ3n) is 3.43. The van der Waals surface area contributed by atoms with E-state index in [-0.39, 0.29) is 23.1 Å². The van der Waals surface area contributed by atoms with Gasteiger partial charge in [-0.3, -0.25) is 14.9 Å². The van der Waals surface area contributed by atoms with Crippen molar-refractivity contribution in [2.75, 3.05) is 0 Å². The van der Waals surface area contributed by atoms with Gasteiger partial charge in [0.15, 0.2) is 5.76 Å². The minimum absolute atomic E-state index is 0.161. The number of ketones is 1. The molecular formula is C19H13N3O4. The van der Waals surface area contributed by atoms with Crippen LogP contribution in [-0.4, -0.2) is 22.6 Å². The van der Waals surface area contributed by atoms with E-state index in [9.17, 15) is 14.9 Å². The van der Waals surface area contributed by atoms with Gasteiger partial charge in [0.1, 0.15) is 10.6 Å². The molecule has 0 fully saturated rings. The number of carbonyl (C=O) groups excluding carboxylic acids is 1. The molecule has 0 aliphatic carbocycles. The first-order valence-corrected chi connectivity index (χ1v) is 7.65. The molecule has 0 saturated heterocycles. The average Bonchev–Trinajstić information content (AvgIpc) is 3.15. The van der Waals surface area contributed by atoms with Crippen molar-refractivity contribution in [3.8, 4) is 0 Å². The number of furan rings is 1. The van der Waals surface area contributed by atoms with Crippen LogP contribution < -0.4 is 0 Å². The van der Waals surface area contributed by atoms with Crippen LogP contribution in [0.1, 0.15) is 21.7 Å². The Morgan fingerprint density at radius 1 is 0.923 bits per heavy atom. The normalized spacial score (nSPS) is 11.6. The smallest absolute Gasteiger partial charge is 0.400 e. The summed E-state index contributed by atoms with van der Waals surface area (Å²) >= 11 is 0. The van der Waals surface area contributed by atoms with Gasteiger partial charge in [-0.15, -0.1) is 5.10 Å². The van der Waals surface area contributed by atoms with Crippen molar-refractivity contribution in [2.45, 2.75) is 0 Å². The van der Waals surface area contributed by atoms with Gasteiger partial charge >= 0.3 is 5.88 Å². The highest BCUT2D eigenvalue weighted by molar-refractivity contribution is 6.51. The number of rotatable bonds is 6. The van der Waals surface area contributed by atoms with Crippen molar-refractivity contribution in [3.63, 3.8) is 0 Å². The Morgan fingerprint density at radius 2 is 1.54 bits per heavy atom. The van der Waals surface area contributed by atoms with Crippen LogP contribution in [0.15, 0.2) is 87.4 Å². The van der Waals surface area contributed by atoms with Gasteiger partial charge in [0.2, 0.25) is 5.78 Å². The maximum atomic E-state index is 12.8. The SMILES string of the molecule is O=C(/C(=N/N=C/c1ccc([N+](=O)[O-])o1)c1ccccc1)c1ccccc1. The summed E-state index contributed by atoms with van der Waals surface area (Å²) in [6.45, 7) is 0. The van der Waals surface area contributed by atoms with Gasteiger partial charge in [0, 0.05) is 11.1 Å². The maximum absolute atomic E-state index is 12.8. The highest BCUT2D eigenvalue weighted by Crippen LogP contribution is 2.14. The maximum Gasteiger partial charge on any atom is 0.433 e. The minimum atomic E-state index is -0.644. The molecule has 0 atom stereocenters. The quantitative estimate of drug-likeness (QED) is 0.292. The second kappa shape index (κ2) is 7.80. The molecule has 7 nitrogen and oxygen atoms in total. The minimum Gasteiger partial charge on any atom is -0.400 e. The van der Waals surface area contributed by atoms with Crippen LogP contribution in [0.5, 0.6) is 0 Å². The monoisotopic (exact) mass is 347 g/mol. The van der Waals surface area contributed by atoms with E-state index in [2.05, 4.69) is 10.2 Å². The molecule has 0 saturated carbocycles. The topological polar surface area (TPSA) is 98.1 Å². The Bertz CT molecular complexity index is 976. The number of hydrogen-bond acceptors (Lipinski definition) is 6. The van der Waals surface area contributed by atoms with Crippen molar-refractivity contribution in [2.24, 2.45) is 10.2 Å². The van der Waals surface area contributed by atoms with Crippen molar-refractivity contribution < 1.29 is 14.1 Å². The molecule has 3 aromatic rings. The molecule has 0 N–H and O–H groups in total. The highest BCUT2D eigenvalue weighted by atomic mass is 16.6. The predicted molar refractivity (Wildman–Crippen MR) is 96.7 cm³/mol. The molecule has 26 heavy (non-hydrogen) atoms. The van der Waals surface area contributed by atoms with Gasteiger partial charge in [-0.05, 0) is 6.07 Å². The van der Waals surface area contributed by atoms with Crippen LogP contribution in [0.2, 0.25) is 0 Å². The van der Waals surface area contributed by atoms with Crippen LogP contribution in [0.3, 0.4) is 0 Å². The molecule has 2 aromatic carbocycles. The molecule has 0 unspecified atom stereocenters. The van der Waals surface area contributed by atoms with E-state index >= 15 is 0 Å². The molecule has 0 bridgehead atoms. The summed E-state index contributed by atoms with van der Waals surface area (Å²) in [6, 6.07) is 20.3. The van der Waals surface area contributed by atoms with Crippen molar-refractivity contribution in [1.82, 2.24) is 0 Å². The van der Waals surface area contributed by atoms with Gasteiger partial charge in [0.05, 0.1) is 12.3 Å². The van der Waals surface area contributed by atoms with Crippen molar-refractivity contribution in [1.29, 1.82) is 0 Å². The third kappa shape index (κ3) is 3.96. The van der Waals surface area contributed by atoms with Gasteiger partial charge in [-0.25, -0.2) is 0 Å². The molecule has 0 spiro atoms. The lowest BCUT2D eigenvalue weighted by molar-refractivity contribution is -0.402. The number of hydrogen-bond donors (Lipinski definition) is 0. The molecule has 0 amide bonds. The van der Waals surface area contributed by atoms with E-state index in [4.69, 9.17) is 4.42 Å². The van der Waals surface area contributed by atoms with E-state index in [1.807, 2.05) is 12.1 Å². The fraction of sp³-hybridized carbons (Fsp3) is 0. The second-order valence-corrected chi connectivity index (χ2v) is 5.19. The molecule has 128 valence electrons. The highest BCUT2D eigenvalue weighted by Gasteiger charge is 2.16. The Balaban J connectivity index is 1.92. The number of Topliss-reactive ketones (excluding diaryl/α,β-unsaturated/α-hetero) is 1. The summed E-state index contributed by atoms with van der Waals surface area (Å²) in [4.78, 5) is 22.7. The zero-order valence-electron chi connectivity index (χ0n) is 13.5. The number of benzene rings is 2. The van der Waals surface area contributed by atoms with Crippen molar-refractivity contribution in [3.05, 3.63) is 99.8 Å². The second-order valence-electron chi connectivity index (χ2n) is 5.19. The van der Waals surface area contributed by atoms with Crippen LogP contribution in [-0.2, 0) is 0 Å². The Hall–Kier alpha value is -3.87. The molecule has 0 radical (unpaired) electrons. The Morgan fingerprint density at radius 3 is 2.12 bits per heavy atom. The molecule has 1 heterocycles. The Kier molecular flexibility index (Phi) is 5.09. The summed E-state index contributed by atoms with van der Waals surface area (Å²) in [6.07, 6.45) is 1.22. The van der Waals surface area contributed by atoms with Crippen LogP contribution >= 0.6 is 0 Å². The van der Waals surface area contributed by atoms with E-state index < -0.39 is 4.92 Å². The summed E-state index contributed by atoms with van der Waals surface area (Å²) < 4.78 is 4.98. The van der Waals surface area contributed by atoms with Gasteiger partial charge in [-0.2, -0.15) is 5.10 Å². The molecule has 1 aromatic heterocycles. The van der Waals surface area contributed by atoms with E-state index in [1.54, 1.807) is 48.5 Å². The lowest BCUT2D eigenvalue weighted by Gasteiger charge is -2.04. The number of nitro groups is 1. The number of nitrogens with zero attached hydrogens (tertiary/aromatic N) is 3. The largest absolute Gasteiger partial charge is 0.433 e. The summed E-state index contributed by atoms with van der Waals surface area (Å²) in [5.41, 5.74) is 1.26. The van der Waals surface area contributed by atoms with Gasteiger partial charge in [0.25, 0.3) is 0 Å². The van der Waals surface area contributed by atoms with E-state index in [0.29, 0.717) is 11.1 Å². The molecular weight excluding hydrogens is 334 g/mol. The first-order chi connectivity index (χ1) is 12.6. The zero-order valence-corrected chi connectivity index (χ0v) is 13.5. The van der Waals surface area contributed by atoms with Crippen molar-refractivity contribution >= 4 is 23.6 Å². The number of carbonyl (C=O) groups is 1. The zero-order chi connectivity index (χ0) is 18.4. The van der Waals surface area contributed by atoms with Crippen LogP contribution in [0, 0.1) is 10.1 Å². The summed E-state index contributed by atoms with van der Waals surface area (Å²) in [5.74, 6) is -0.501. The first-order valence-electron chi connectivity index (χ1n) is 7.65. The van der Waals surface area contributed by atoms with E-state index in [1.165, 1.54) is 18.3 Å². The Labute approximate surface area is 148 Å². The standard InChI is InChI=1S/C19H13N3O4/c23-19(15-9-5-2-6-10-15)18(14-7-3-1-4-8-14)21-20-13-16-11-12-17(26-16)22(24)25/h1-13H/b20-13+,21-18+. The lowest BCUT2D eigenvalue weighted by Crippen LogP contribution is -2.15. The lowest BCUT2D eigenvalue weighted by atomic mass is 10.0. The van der Waals surface area contributed by atoms with Crippen LogP contribution in [0.4, 0.5) is 5.88 Å². The molecule has 7 heteroatoms. The fourth-order valence-electron chi connectivity index (χ4n) is 2.21. The van der Waals surface area contributed by atoms with Gasteiger partial charge < -0.3 is 4.42 Å². The fourth-order valence-corrected chi connectivity index (χ4v) is 2.21. The van der Waals surface area contributed by atoms with Crippen LogP contribution in [0.25, 0.3) is 0 Å². The third-order valence-corrected chi connectivity index (χ3v) is 3.43. The summed E-state index contributed by atoms with van der Waals surface area (Å²) in [5, 5.41) is 18.5. The molecule has 3 rings (SSSR count). The molecule has 0 aliphatic rings. The summed E-state index contributed by atoms with van der Waals surface area (Å²) in [7, 11) is 0. The predicted octanol–water partition coefficient (Wildman–Crippen LogP) is 3.89. The average molecular weight is 347 g/mol. The van der Waals surface area contributed by atoms with E-state index in [0.717, 1.165) is 0 Å². The first kappa shape index (κ1) is 17.0. The van der Waals surface area contributed by atoms with Gasteiger partial charge in [-0.1, -0.05) is 60.7 Å².